The van der Waals surface area contributed by atoms with Gasteiger partial charge in [-0.2, -0.15) is 0 Å². The third kappa shape index (κ3) is 10.9. The second-order valence-corrected chi connectivity index (χ2v) is 11.3. The Kier molecular flexibility index (Phi) is 12.9. The van der Waals surface area contributed by atoms with Gasteiger partial charge in [0, 0.05) is 13.0 Å². The number of nitrogens with two attached hydrogens (primary N) is 1. The highest BCUT2D eigenvalue weighted by Gasteiger charge is 2.32. The van der Waals surface area contributed by atoms with E-state index in [1.807, 2.05) is 30.3 Å². The van der Waals surface area contributed by atoms with Gasteiger partial charge in [-0.05, 0) is 43.4 Å². The molecule has 3 rings (SSSR count). The van der Waals surface area contributed by atoms with E-state index < -0.39 is 66.0 Å². The number of nitrogens with one attached hydrogen (secondary N) is 5. The van der Waals surface area contributed by atoms with Crippen LogP contribution in [0, 0.1) is 5.92 Å². The van der Waals surface area contributed by atoms with Crippen molar-refractivity contribution in [2.75, 3.05) is 13.2 Å². The Morgan fingerprint density at radius 1 is 0.933 bits per heavy atom. The fourth-order valence-electron chi connectivity index (χ4n) is 4.70. The summed E-state index contributed by atoms with van der Waals surface area (Å²) in [5, 5.41) is 13.4. The molecule has 0 unspecified atom stereocenters. The van der Waals surface area contributed by atoms with Gasteiger partial charge in [0.2, 0.25) is 29.5 Å². The van der Waals surface area contributed by atoms with E-state index in [9.17, 15) is 28.8 Å². The maximum Gasteiger partial charge on any atom is 0.255 e. The zero-order chi connectivity index (χ0) is 32.9. The number of rotatable bonds is 8. The van der Waals surface area contributed by atoms with Gasteiger partial charge in [-0.3, -0.25) is 28.8 Å². The summed E-state index contributed by atoms with van der Waals surface area (Å²) in [5.41, 5.74) is 6.42. The van der Waals surface area contributed by atoms with Crippen LogP contribution >= 0.6 is 0 Å². The lowest BCUT2D eigenvalue weighted by atomic mass is 10.0. The summed E-state index contributed by atoms with van der Waals surface area (Å²) in [4.78, 5) is 78.0. The summed E-state index contributed by atoms with van der Waals surface area (Å²) >= 11 is 0. The van der Waals surface area contributed by atoms with E-state index in [2.05, 4.69) is 26.6 Å². The monoisotopic (exact) mass is 622 g/mol. The van der Waals surface area contributed by atoms with Gasteiger partial charge in [-0.1, -0.05) is 56.3 Å². The van der Waals surface area contributed by atoms with E-state index in [0.717, 1.165) is 5.56 Å². The molecule has 1 aliphatic rings. The summed E-state index contributed by atoms with van der Waals surface area (Å²) in [5.74, 6) is -3.98. The summed E-state index contributed by atoms with van der Waals surface area (Å²) in [6, 6.07) is 11.8. The molecule has 0 saturated carbocycles. The lowest BCUT2D eigenvalue weighted by molar-refractivity contribution is -0.134. The van der Waals surface area contributed by atoms with Gasteiger partial charge in [0.05, 0.1) is 18.0 Å². The molecule has 0 aromatic heterocycles. The lowest BCUT2D eigenvalue weighted by Crippen LogP contribution is -2.57. The number of fused-ring (bicyclic) bond motifs is 1. The molecular formula is C32H42N6O7. The van der Waals surface area contributed by atoms with Crippen LogP contribution in [-0.4, -0.2) is 72.8 Å². The number of hydrogen-bond donors (Lipinski definition) is 6. The number of amides is 6. The molecule has 13 nitrogen and oxygen atoms in total. The largest absolute Gasteiger partial charge is 0.491 e. The van der Waals surface area contributed by atoms with Gasteiger partial charge < -0.3 is 37.1 Å². The van der Waals surface area contributed by atoms with Crippen LogP contribution in [0.5, 0.6) is 5.75 Å². The van der Waals surface area contributed by atoms with Crippen molar-refractivity contribution >= 4 is 35.4 Å². The molecule has 2 aromatic carbocycles. The molecule has 1 heterocycles. The van der Waals surface area contributed by atoms with Gasteiger partial charge in [0.15, 0.2) is 0 Å². The Morgan fingerprint density at radius 3 is 2.31 bits per heavy atom. The van der Waals surface area contributed by atoms with Crippen LogP contribution in [-0.2, 0) is 30.4 Å². The molecule has 7 N–H and O–H groups in total. The molecule has 13 heteroatoms. The first-order valence-corrected chi connectivity index (χ1v) is 15.0. The average Bonchev–Trinajstić information content (AvgIpc) is 3.00. The molecule has 45 heavy (non-hydrogen) atoms. The molecule has 0 fully saturated rings. The van der Waals surface area contributed by atoms with Crippen molar-refractivity contribution in [2.24, 2.45) is 11.7 Å². The first-order chi connectivity index (χ1) is 21.4. The Labute approximate surface area is 262 Å². The van der Waals surface area contributed by atoms with E-state index in [-0.39, 0.29) is 43.2 Å². The quantitative estimate of drug-likeness (QED) is 0.244. The predicted octanol–water partition coefficient (Wildman–Crippen LogP) is 0.322. The third-order valence-corrected chi connectivity index (χ3v) is 7.15. The highest BCUT2D eigenvalue weighted by Crippen LogP contribution is 2.19. The number of ether oxygens (including phenoxy) is 1. The number of carbonyl (C=O) groups excluding carboxylic acids is 6. The number of primary amides is 1. The third-order valence-electron chi connectivity index (χ3n) is 7.15. The molecular weight excluding hydrogens is 580 g/mol. The van der Waals surface area contributed by atoms with Crippen molar-refractivity contribution in [1.29, 1.82) is 0 Å². The van der Waals surface area contributed by atoms with Crippen LogP contribution in [0.25, 0.3) is 0 Å². The number of carbonyl (C=O) groups is 6. The smallest absolute Gasteiger partial charge is 0.255 e. The van der Waals surface area contributed by atoms with Crippen molar-refractivity contribution in [2.45, 2.75) is 70.6 Å². The predicted molar refractivity (Wildman–Crippen MR) is 166 cm³/mol. The first-order valence-electron chi connectivity index (χ1n) is 15.0. The van der Waals surface area contributed by atoms with Gasteiger partial charge in [-0.25, -0.2) is 0 Å². The van der Waals surface area contributed by atoms with Gasteiger partial charge in [-0.15, -0.1) is 0 Å². The van der Waals surface area contributed by atoms with Gasteiger partial charge in [0.1, 0.15) is 30.5 Å². The van der Waals surface area contributed by atoms with Crippen LogP contribution in [0.4, 0.5) is 0 Å². The molecule has 0 spiro atoms. The van der Waals surface area contributed by atoms with Crippen LogP contribution in [0.1, 0.15) is 56.0 Å². The molecule has 4 atom stereocenters. The minimum atomic E-state index is -1.32. The fraction of sp³-hybridized carbons (Fsp3) is 0.438. The van der Waals surface area contributed by atoms with Crippen molar-refractivity contribution < 1.29 is 33.5 Å². The van der Waals surface area contributed by atoms with Crippen LogP contribution in [0.2, 0.25) is 0 Å². The second-order valence-electron chi connectivity index (χ2n) is 11.3. The molecule has 0 aliphatic carbocycles. The minimum absolute atomic E-state index is 0.000522. The first kappa shape index (κ1) is 34.5. The average molecular weight is 623 g/mol. The van der Waals surface area contributed by atoms with Crippen LogP contribution < -0.4 is 37.1 Å². The van der Waals surface area contributed by atoms with Crippen molar-refractivity contribution in [3.8, 4) is 5.75 Å². The van der Waals surface area contributed by atoms with E-state index >= 15 is 0 Å². The number of para-hydroxylation sites is 1. The summed E-state index contributed by atoms with van der Waals surface area (Å²) in [7, 11) is 0. The highest BCUT2D eigenvalue weighted by atomic mass is 16.5. The van der Waals surface area contributed by atoms with Crippen LogP contribution in [0.15, 0.2) is 54.6 Å². The molecule has 6 amide bonds. The molecule has 2 aromatic rings. The van der Waals surface area contributed by atoms with E-state index in [4.69, 9.17) is 10.5 Å². The second kappa shape index (κ2) is 16.8. The summed E-state index contributed by atoms with van der Waals surface area (Å²) in [6.07, 6.45) is -0.357. The SMILES string of the molecule is CC(C)[C@H]1NC(=O)[C@H](CCC(N)=O)NC(=O)C[C@@H](C(=O)NCCc2ccccc2)NC(=O)c2ccccc2OC[C@H](C)NC1=O. The van der Waals surface area contributed by atoms with E-state index in [1.165, 1.54) is 6.07 Å². The maximum atomic E-state index is 13.4. The Morgan fingerprint density at radius 2 is 1.62 bits per heavy atom. The van der Waals surface area contributed by atoms with Crippen molar-refractivity contribution in [3.63, 3.8) is 0 Å². The standard InChI is InChI=1S/C32H42N6O7/c1-19(2)28-32(44)35-20(3)18-45-25-12-8-7-11-22(25)29(41)37-24(30(42)34-16-15-21-9-5-4-6-10-21)17-27(40)36-23(31(43)38-28)13-14-26(33)39/h4-12,19-20,23-24,28H,13-18H2,1-3H3,(H2,33,39)(H,34,42)(H,35,44)(H,36,40)(H,37,41)(H,38,43)/t20-,23-,24-,28+/m0/s1. The fourth-order valence-corrected chi connectivity index (χ4v) is 4.70. The molecule has 242 valence electrons. The lowest BCUT2D eigenvalue weighted by Gasteiger charge is -2.26. The van der Waals surface area contributed by atoms with Crippen molar-refractivity contribution in [3.05, 3.63) is 65.7 Å². The maximum absolute atomic E-state index is 13.4. The Hall–Kier alpha value is -4.94. The molecule has 0 bridgehead atoms. The normalized spacial score (nSPS) is 21.6. The minimum Gasteiger partial charge on any atom is -0.491 e. The Bertz CT molecular complexity index is 1370. The highest BCUT2D eigenvalue weighted by molar-refractivity contribution is 6.01. The van der Waals surface area contributed by atoms with E-state index in [0.29, 0.717) is 6.42 Å². The molecule has 1 aliphatic heterocycles. The topological polar surface area (TPSA) is 198 Å². The summed E-state index contributed by atoms with van der Waals surface area (Å²) < 4.78 is 5.88. The zero-order valence-electron chi connectivity index (χ0n) is 25.8. The van der Waals surface area contributed by atoms with Gasteiger partial charge in [0.25, 0.3) is 5.91 Å². The number of benzene rings is 2. The van der Waals surface area contributed by atoms with E-state index in [1.54, 1.807) is 39.0 Å². The number of hydrogen-bond acceptors (Lipinski definition) is 7. The van der Waals surface area contributed by atoms with Crippen LogP contribution in [0.3, 0.4) is 0 Å². The van der Waals surface area contributed by atoms with Crippen molar-refractivity contribution in [1.82, 2.24) is 26.6 Å². The summed E-state index contributed by atoms with van der Waals surface area (Å²) in [6.45, 7) is 5.45. The molecule has 0 radical (unpaired) electrons. The Balaban J connectivity index is 1.91. The van der Waals surface area contributed by atoms with Gasteiger partial charge >= 0.3 is 0 Å². The zero-order valence-corrected chi connectivity index (χ0v) is 25.8. The molecule has 0 saturated heterocycles.